The molecule has 0 bridgehead atoms. The standard InChI is InChI=1S/C11H15NO2S/c1-11(12,10(13)14)6-8-2-4-9(7-15)5-3-8/h2-5,15H,6-7,12H2,1H3,(H,13,14). The molecule has 3 N–H and O–H groups in total. The fourth-order valence-corrected chi connectivity index (χ4v) is 1.47. The molecule has 3 nitrogen and oxygen atoms in total. The molecular weight excluding hydrogens is 210 g/mol. The topological polar surface area (TPSA) is 63.3 Å². The maximum atomic E-state index is 10.8. The molecule has 1 rings (SSSR count). The molecule has 0 radical (unpaired) electrons. The fourth-order valence-electron chi connectivity index (χ4n) is 1.26. The lowest BCUT2D eigenvalue weighted by molar-refractivity contribution is -0.142. The smallest absolute Gasteiger partial charge is 0.323 e. The van der Waals surface area contributed by atoms with Gasteiger partial charge in [-0.15, -0.1) is 0 Å². The summed E-state index contributed by atoms with van der Waals surface area (Å²) >= 11 is 4.14. The molecular formula is C11H15NO2S. The number of carboxylic acids is 1. The lowest BCUT2D eigenvalue weighted by atomic mass is 9.94. The van der Waals surface area contributed by atoms with Crippen LogP contribution in [-0.2, 0) is 17.0 Å². The Morgan fingerprint density at radius 2 is 1.87 bits per heavy atom. The fraction of sp³-hybridized carbons (Fsp3) is 0.364. The Bertz CT molecular complexity index is 346. The van der Waals surface area contributed by atoms with Crippen LogP contribution in [0.4, 0.5) is 0 Å². The number of aliphatic carboxylic acids is 1. The third-order valence-electron chi connectivity index (χ3n) is 2.27. The van der Waals surface area contributed by atoms with Crippen LogP contribution in [0.2, 0.25) is 0 Å². The van der Waals surface area contributed by atoms with Gasteiger partial charge in [-0.05, 0) is 18.1 Å². The van der Waals surface area contributed by atoms with Crippen molar-refractivity contribution in [2.75, 3.05) is 0 Å². The maximum Gasteiger partial charge on any atom is 0.323 e. The van der Waals surface area contributed by atoms with E-state index in [-0.39, 0.29) is 0 Å². The third kappa shape index (κ3) is 3.25. The van der Waals surface area contributed by atoms with E-state index in [4.69, 9.17) is 10.8 Å². The van der Waals surface area contributed by atoms with Crippen LogP contribution in [0.1, 0.15) is 18.1 Å². The number of thiol groups is 1. The minimum atomic E-state index is -1.21. The summed E-state index contributed by atoms with van der Waals surface area (Å²) in [5.41, 5.74) is 6.47. The van der Waals surface area contributed by atoms with Gasteiger partial charge < -0.3 is 10.8 Å². The number of nitrogens with two attached hydrogens (primary N) is 1. The molecule has 1 unspecified atom stereocenters. The van der Waals surface area contributed by atoms with Crippen molar-refractivity contribution < 1.29 is 9.90 Å². The van der Waals surface area contributed by atoms with Crippen LogP contribution >= 0.6 is 12.6 Å². The molecule has 0 amide bonds. The zero-order valence-electron chi connectivity index (χ0n) is 8.60. The van der Waals surface area contributed by atoms with E-state index < -0.39 is 11.5 Å². The van der Waals surface area contributed by atoms with Gasteiger partial charge in [-0.3, -0.25) is 4.79 Å². The Balaban J connectivity index is 2.77. The molecule has 1 aromatic carbocycles. The summed E-state index contributed by atoms with van der Waals surface area (Å²) in [4.78, 5) is 10.8. The van der Waals surface area contributed by atoms with Crippen LogP contribution in [-0.4, -0.2) is 16.6 Å². The monoisotopic (exact) mass is 225 g/mol. The van der Waals surface area contributed by atoms with Gasteiger partial charge in [0.05, 0.1) is 0 Å². The molecule has 15 heavy (non-hydrogen) atoms. The number of benzene rings is 1. The largest absolute Gasteiger partial charge is 0.480 e. The van der Waals surface area contributed by atoms with Crippen LogP contribution in [0, 0.1) is 0 Å². The highest BCUT2D eigenvalue weighted by molar-refractivity contribution is 7.79. The predicted molar refractivity (Wildman–Crippen MR) is 63.1 cm³/mol. The number of hydrogen-bond acceptors (Lipinski definition) is 3. The molecule has 0 aliphatic rings. The van der Waals surface area contributed by atoms with Crippen LogP contribution in [0.25, 0.3) is 0 Å². The lowest BCUT2D eigenvalue weighted by Crippen LogP contribution is -2.46. The van der Waals surface area contributed by atoms with Gasteiger partial charge >= 0.3 is 5.97 Å². The number of carboxylic acid groups (broad SMARTS) is 1. The van der Waals surface area contributed by atoms with Crippen molar-refractivity contribution in [3.05, 3.63) is 35.4 Å². The van der Waals surface area contributed by atoms with Gasteiger partial charge in [0.25, 0.3) is 0 Å². The minimum absolute atomic E-state index is 0.329. The Labute approximate surface area is 94.7 Å². The van der Waals surface area contributed by atoms with Gasteiger partial charge in [0.1, 0.15) is 5.54 Å². The van der Waals surface area contributed by atoms with Crippen molar-refractivity contribution in [1.82, 2.24) is 0 Å². The molecule has 0 aromatic heterocycles. The predicted octanol–water partition coefficient (Wildman–Crippen LogP) is 1.46. The molecule has 0 spiro atoms. The van der Waals surface area contributed by atoms with Crippen LogP contribution in [0.3, 0.4) is 0 Å². The van der Waals surface area contributed by atoms with E-state index in [1.165, 1.54) is 6.92 Å². The van der Waals surface area contributed by atoms with Crippen molar-refractivity contribution in [2.45, 2.75) is 24.6 Å². The first-order valence-corrected chi connectivity index (χ1v) is 5.30. The summed E-state index contributed by atoms with van der Waals surface area (Å²) in [6.07, 6.45) is 0.329. The Morgan fingerprint density at radius 3 is 2.27 bits per heavy atom. The first-order chi connectivity index (χ1) is 6.95. The third-order valence-corrected chi connectivity index (χ3v) is 2.63. The summed E-state index contributed by atoms with van der Waals surface area (Å²) in [5, 5.41) is 8.87. The summed E-state index contributed by atoms with van der Waals surface area (Å²) in [6, 6.07) is 7.64. The summed E-state index contributed by atoms with van der Waals surface area (Å²) in [6.45, 7) is 1.52. The summed E-state index contributed by atoms with van der Waals surface area (Å²) in [7, 11) is 0. The molecule has 0 saturated heterocycles. The highest BCUT2D eigenvalue weighted by Crippen LogP contribution is 2.13. The summed E-state index contributed by atoms with van der Waals surface area (Å²) in [5.74, 6) is -0.306. The molecule has 0 saturated carbocycles. The zero-order valence-corrected chi connectivity index (χ0v) is 9.50. The summed E-state index contributed by atoms with van der Waals surface area (Å²) < 4.78 is 0. The second-order valence-corrected chi connectivity index (χ2v) is 4.19. The molecule has 0 fully saturated rings. The first-order valence-electron chi connectivity index (χ1n) is 4.66. The quantitative estimate of drug-likeness (QED) is 0.680. The number of rotatable bonds is 4. The SMILES string of the molecule is CC(N)(Cc1ccc(CS)cc1)C(=O)O. The van der Waals surface area contributed by atoms with E-state index in [0.29, 0.717) is 12.2 Å². The maximum absolute atomic E-state index is 10.8. The van der Waals surface area contributed by atoms with Gasteiger partial charge in [0, 0.05) is 12.2 Å². The number of hydrogen-bond donors (Lipinski definition) is 3. The van der Waals surface area contributed by atoms with Gasteiger partial charge in [0.2, 0.25) is 0 Å². The molecule has 0 heterocycles. The number of carbonyl (C=O) groups is 1. The molecule has 1 atom stereocenters. The lowest BCUT2D eigenvalue weighted by Gasteiger charge is -2.19. The average Bonchev–Trinajstić information content (AvgIpc) is 2.18. The normalized spacial score (nSPS) is 14.6. The van der Waals surface area contributed by atoms with Crippen molar-refractivity contribution in [3.63, 3.8) is 0 Å². The highest BCUT2D eigenvalue weighted by Gasteiger charge is 2.27. The van der Waals surface area contributed by atoms with Gasteiger partial charge in [-0.1, -0.05) is 24.3 Å². The van der Waals surface area contributed by atoms with Gasteiger partial charge in [0.15, 0.2) is 0 Å². The van der Waals surface area contributed by atoms with Crippen molar-refractivity contribution in [3.8, 4) is 0 Å². The molecule has 0 aliphatic carbocycles. The average molecular weight is 225 g/mol. The van der Waals surface area contributed by atoms with E-state index in [0.717, 1.165) is 11.1 Å². The van der Waals surface area contributed by atoms with E-state index >= 15 is 0 Å². The van der Waals surface area contributed by atoms with Crippen LogP contribution in [0.5, 0.6) is 0 Å². The van der Waals surface area contributed by atoms with Crippen molar-refractivity contribution in [1.29, 1.82) is 0 Å². The van der Waals surface area contributed by atoms with Crippen molar-refractivity contribution >= 4 is 18.6 Å². The van der Waals surface area contributed by atoms with Crippen molar-refractivity contribution in [2.24, 2.45) is 5.73 Å². The molecule has 0 aliphatic heterocycles. The molecule has 1 aromatic rings. The van der Waals surface area contributed by atoms with E-state index in [9.17, 15) is 4.79 Å². The Morgan fingerprint density at radius 1 is 1.40 bits per heavy atom. The zero-order chi connectivity index (χ0) is 11.5. The second-order valence-electron chi connectivity index (χ2n) is 3.87. The van der Waals surface area contributed by atoms with E-state index in [1.807, 2.05) is 24.3 Å². The molecule has 4 heteroatoms. The second kappa shape index (κ2) is 4.68. The van der Waals surface area contributed by atoms with Gasteiger partial charge in [-0.2, -0.15) is 12.6 Å². The molecule has 82 valence electrons. The van der Waals surface area contributed by atoms with E-state index in [2.05, 4.69) is 12.6 Å². The Kier molecular flexibility index (Phi) is 3.77. The van der Waals surface area contributed by atoms with Crippen LogP contribution in [0.15, 0.2) is 24.3 Å². The van der Waals surface area contributed by atoms with E-state index in [1.54, 1.807) is 0 Å². The van der Waals surface area contributed by atoms with Gasteiger partial charge in [-0.25, -0.2) is 0 Å². The first kappa shape index (κ1) is 12.1. The Hall–Kier alpha value is -1.00. The minimum Gasteiger partial charge on any atom is -0.480 e. The highest BCUT2D eigenvalue weighted by atomic mass is 32.1. The van der Waals surface area contributed by atoms with Crippen LogP contribution < -0.4 is 5.73 Å².